The second kappa shape index (κ2) is 22.5. The van der Waals surface area contributed by atoms with Crippen molar-refractivity contribution in [3.05, 3.63) is 91.0 Å². The van der Waals surface area contributed by atoms with Gasteiger partial charge in [-0.2, -0.15) is 15.0 Å². The molecule has 0 spiro atoms. The second-order valence-electron chi connectivity index (χ2n) is 11.5. The number of para-hydroxylation sites is 3. The first kappa shape index (κ1) is 37.7. The van der Waals surface area contributed by atoms with E-state index in [9.17, 15) is 0 Å². The lowest BCUT2D eigenvalue weighted by atomic mass is 10.3. The zero-order valence-corrected chi connectivity index (χ0v) is 29.1. The van der Waals surface area contributed by atoms with Crippen molar-refractivity contribution < 1.29 is 0 Å². The monoisotopic (exact) mass is 693 g/mol. The average molecular weight is 694 g/mol. The van der Waals surface area contributed by atoms with Gasteiger partial charge in [0, 0.05) is 56.3 Å². The highest BCUT2D eigenvalue weighted by Gasteiger charge is 2.07. The zero-order chi connectivity index (χ0) is 35.8. The van der Waals surface area contributed by atoms with Gasteiger partial charge < -0.3 is 49.1 Å². The molecule has 0 radical (unpaired) electrons. The average Bonchev–Trinajstić information content (AvgIpc) is 3.14. The van der Waals surface area contributed by atoms with Crippen LogP contribution in [-0.2, 0) is 0 Å². The topological polar surface area (TPSA) is 226 Å². The molecule has 12 N–H and O–H groups in total. The fraction of sp³-hybridized carbons (Fsp3) is 0.333. The van der Waals surface area contributed by atoms with Crippen molar-refractivity contribution >= 4 is 52.8 Å². The van der Waals surface area contributed by atoms with E-state index in [1.54, 1.807) is 0 Å². The third-order valence-electron chi connectivity index (χ3n) is 7.22. The maximum absolute atomic E-state index is 6.01. The van der Waals surface area contributed by atoms with Crippen molar-refractivity contribution in [2.75, 3.05) is 71.2 Å². The maximum Gasteiger partial charge on any atom is 0.229 e. The number of unbranched alkanes of at least 4 members (excludes halogenated alkanes) is 3. The molecule has 4 aromatic rings. The lowest BCUT2D eigenvalue weighted by Crippen LogP contribution is -2.22. The van der Waals surface area contributed by atoms with Crippen LogP contribution in [0.3, 0.4) is 0 Å². The Labute approximate surface area is 300 Å². The summed E-state index contributed by atoms with van der Waals surface area (Å²) in [5, 5.41) is 19.3. The highest BCUT2D eigenvalue weighted by Crippen LogP contribution is 2.11. The van der Waals surface area contributed by atoms with Gasteiger partial charge in [0.05, 0.1) is 0 Å². The molecule has 0 amide bonds. The number of nitrogens with one attached hydrogen (secondary N) is 6. The molecule has 270 valence electrons. The van der Waals surface area contributed by atoms with E-state index in [1.165, 1.54) is 0 Å². The molecule has 0 fully saturated rings. The zero-order valence-electron chi connectivity index (χ0n) is 29.1. The lowest BCUT2D eigenvalue weighted by molar-refractivity contribution is 0.759. The molecule has 0 aliphatic rings. The van der Waals surface area contributed by atoms with Gasteiger partial charge in [-0.3, -0.25) is 15.0 Å². The molecule has 51 heavy (non-hydrogen) atoms. The van der Waals surface area contributed by atoms with Crippen LogP contribution in [0.15, 0.2) is 106 Å². The Kier molecular flexibility index (Phi) is 16.6. The van der Waals surface area contributed by atoms with Gasteiger partial charge in [-0.25, -0.2) is 0 Å². The minimum absolute atomic E-state index is 0.399. The van der Waals surface area contributed by atoms with Gasteiger partial charge in [0.2, 0.25) is 17.8 Å². The number of rotatable bonds is 21. The number of nitrogens with zero attached hydrogens (tertiary/aromatic N) is 6. The van der Waals surface area contributed by atoms with Gasteiger partial charge in [0.15, 0.2) is 17.9 Å². The number of aromatic nitrogens is 3. The number of hydrogen-bond acceptors (Lipinski definition) is 9. The number of aliphatic imine (C=N–C) groups is 3. The van der Waals surface area contributed by atoms with Crippen LogP contribution in [0, 0.1) is 0 Å². The molecular formula is C36H51N15. The minimum atomic E-state index is 0.399. The highest BCUT2D eigenvalue weighted by atomic mass is 15.3. The van der Waals surface area contributed by atoms with E-state index >= 15 is 0 Å². The van der Waals surface area contributed by atoms with E-state index in [0.29, 0.717) is 75.0 Å². The number of nitrogens with two attached hydrogens (primary N) is 3. The van der Waals surface area contributed by atoms with Gasteiger partial charge in [0.25, 0.3) is 0 Å². The predicted octanol–water partition coefficient (Wildman–Crippen LogP) is 4.73. The number of guanidine groups is 3. The number of hydrogen-bond donors (Lipinski definition) is 9. The van der Waals surface area contributed by atoms with Gasteiger partial charge in [0.1, 0.15) is 0 Å². The van der Waals surface area contributed by atoms with Crippen LogP contribution >= 0.6 is 0 Å². The Hall–Kier alpha value is -6.12. The first-order valence-corrected chi connectivity index (χ1v) is 17.4. The number of benzene rings is 3. The smallest absolute Gasteiger partial charge is 0.229 e. The summed E-state index contributed by atoms with van der Waals surface area (Å²) in [6.07, 6.45) is 5.16. The van der Waals surface area contributed by atoms with E-state index in [0.717, 1.165) is 55.6 Å². The van der Waals surface area contributed by atoms with Crippen LogP contribution in [0.4, 0.5) is 34.9 Å². The van der Waals surface area contributed by atoms with E-state index in [2.05, 4.69) is 61.8 Å². The molecule has 1 heterocycles. The molecule has 1 aromatic heterocycles. The lowest BCUT2D eigenvalue weighted by Gasteiger charge is -2.11. The molecular weight excluding hydrogens is 643 g/mol. The van der Waals surface area contributed by atoms with Gasteiger partial charge in [-0.15, -0.1) is 0 Å². The Morgan fingerprint density at radius 1 is 0.412 bits per heavy atom. The Bertz CT molecular complexity index is 1420. The standard InChI is InChI=1S/C36H51N15/c37-31(46-28-16-4-1-5-17-28)40-22-10-13-25-43-34-49-35(44-26-14-11-23-41-32(38)47-29-18-6-2-7-19-29)51-36(50-34)45-27-15-12-24-42-33(39)48-30-20-8-3-9-21-30/h1-9,16-21H,10-15,22-27H2,(H3,37,40,46)(H3,38,41,47)(H3,39,42,48)(H3,43,44,45,49,50,51). The van der Waals surface area contributed by atoms with Crippen molar-refractivity contribution in [3.63, 3.8) is 0 Å². The van der Waals surface area contributed by atoms with Crippen molar-refractivity contribution in [2.45, 2.75) is 38.5 Å². The second-order valence-corrected chi connectivity index (χ2v) is 11.5. The van der Waals surface area contributed by atoms with E-state index in [1.807, 2.05) is 91.0 Å². The quantitative estimate of drug-likeness (QED) is 0.0328. The van der Waals surface area contributed by atoms with Crippen LogP contribution in [0.5, 0.6) is 0 Å². The molecule has 3 aromatic carbocycles. The molecule has 4 rings (SSSR count). The SMILES string of the molecule is NC(=NCCCCNc1nc(NCCCCN=C(N)Nc2ccccc2)nc(NCCCCN=C(N)Nc2ccccc2)n1)Nc1ccccc1. The van der Waals surface area contributed by atoms with Crippen LogP contribution < -0.4 is 49.1 Å². The maximum atomic E-state index is 6.01. The largest absolute Gasteiger partial charge is 0.370 e. The summed E-state index contributed by atoms with van der Waals surface area (Å²) in [6, 6.07) is 29.2. The summed E-state index contributed by atoms with van der Waals surface area (Å²) in [6.45, 7) is 3.87. The van der Waals surface area contributed by atoms with Crippen molar-refractivity contribution in [1.29, 1.82) is 0 Å². The summed E-state index contributed by atoms with van der Waals surface area (Å²) < 4.78 is 0. The molecule has 15 nitrogen and oxygen atoms in total. The van der Waals surface area contributed by atoms with Gasteiger partial charge in [-0.05, 0) is 74.9 Å². The van der Waals surface area contributed by atoms with E-state index in [-0.39, 0.29) is 0 Å². The van der Waals surface area contributed by atoms with E-state index in [4.69, 9.17) is 17.2 Å². The summed E-state index contributed by atoms with van der Waals surface area (Å²) in [5.41, 5.74) is 20.8. The van der Waals surface area contributed by atoms with Crippen LogP contribution in [0.1, 0.15) is 38.5 Å². The summed E-state index contributed by atoms with van der Waals surface area (Å²) in [7, 11) is 0. The summed E-state index contributed by atoms with van der Waals surface area (Å²) in [4.78, 5) is 27.0. The molecule has 0 atom stereocenters. The molecule has 0 saturated carbocycles. The fourth-order valence-corrected chi connectivity index (χ4v) is 4.65. The molecule has 0 saturated heterocycles. The molecule has 15 heteroatoms. The molecule has 0 aliphatic carbocycles. The third kappa shape index (κ3) is 16.2. The van der Waals surface area contributed by atoms with Crippen LogP contribution in [-0.4, -0.2) is 72.1 Å². The van der Waals surface area contributed by atoms with Gasteiger partial charge >= 0.3 is 0 Å². The van der Waals surface area contributed by atoms with Gasteiger partial charge in [-0.1, -0.05) is 54.6 Å². The third-order valence-corrected chi connectivity index (χ3v) is 7.22. The van der Waals surface area contributed by atoms with Crippen molar-refractivity contribution in [2.24, 2.45) is 32.2 Å². The molecule has 0 bridgehead atoms. The van der Waals surface area contributed by atoms with Crippen LogP contribution in [0.25, 0.3) is 0 Å². The van der Waals surface area contributed by atoms with Crippen molar-refractivity contribution in [1.82, 2.24) is 15.0 Å². The Morgan fingerprint density at radius 3 is 0.961 bits per heavy atom. The normalized spacial score (nSPS) is 11.9. The molecule has 0 aliphatic heterocycles. The highest BCUT2D eigenvalue weighted by molar-refractivity contribution is 5.93. The minimum Gasteiger partial charge on any atom is -0.370 e. The predicted molar refractivity (Wildman–Crippen MR) is 213 cm³/mol. The Morgan fingerprint density at radius 2 is 0.686 bits per heavy atom. The summed E-state index contributed by atoms with van der Waals surface area (Å²) >= 11 is 0. The van der Waals surface area contributed by atoms with Crippen molar-refractivity contribution in [3.8, 4) is 0 Å². The van der Waals surface area contributed by atoms with Crippen LogP contribution in [0.2, 0.25) is 0 Å². The van der Waals surface area contributed by atoms with E-state index < -0.39 is 0 Å². The first-order chi connectivity index (χ1) is 25.0. The first-order valence-electron chi connectivity index (χ1n) is 17.4. The number of anilines is 6. The molecule has 0 unspecified atom stereocenters. The Balaban J connectivity index is 1.20. The summed E-state index contributed by atoms with van der Waals surface area (Å²) in [5.74, 6) is 2.69. The fourth-order valence-electron chi connectivity index (χ4n) is 4.65.